The minimum atomic E-state index is -0.782. The zero-order valence-corrected chi connectivity index (χ0v) is 11.0. The standard InChI is InChI=1S/C12H18N2O2S/c1-8(2)14-4-3-9(7-14)12-13-6-10(17-12)5-11(15)16/h6,8-9H,3-5,7H2,1-2H3,(H,15,16). The molecule has 1 atom stereocenters. The minimum absolute atomic E-state index is 0.0955. The van der Waals surface area contributed by atoms with Crippen LogP contribution in [0.5, 0.6) is 0 Å². The van der Waals surface area contributed by atoms with Crippen LogP contribution in [-0.2, 0) is 11.2 Å². The van der Waals surface area contributed by atoms with Gasteiger partial charge in [-0.25, -0.2) is 4.98 Å². The number of carbonyl (C=O) groups is 1. The number of carboxylic acids is 1. The van der Waals surface area contributed by atoms with Gasteiger partial charge in [0.05, 0.1) is 11.4 Å². The molecule has 0 saturated carbocycles. The Hall–Kier alpha value is -0.940. The summed E-state index contributed by atoms with van der Waals surface area (Å²) in [6.07, 6.45) is 2.95. The quantitative estimate of drug-likeness (QED) is 0.892. The lowest BCUT2D eigenvalue weighted by molar-refractivity contribution is -0.136. The highest BCUT2D eigenvalue weighted by atomic mass is 32.1. The van der Waals surface area contributed by atoms with Gasteiger partial charge in [-0.05, 0) is 26.8 Å². The monoisotopic (exact) mass is 254 g/mol. The van der Waals surface area contributed by atoms with Gasteiger partial charge in [0.15, 0.2) is 0 Å². The van der Waals surface area contributed by atoms with E-state index >= 15 is 0 Å². The van der Waals surface area contributed by atoms with Crippen molar-refractivity contribution in [2.45, 2.75) is 38.6 Å². The number of rotatable bonds is 4. The van der Waals surface area contributed by atoms with Crippen LogP contribution in [-0.4, -0.2) is 40.1 Å². The van der Waals surface area contributed by atoms with Crippen LogP contribution in [0.3, 0.4) is 0 Å². The largest absolute Gasteiger partial charge is 0.481 e. The molecule has 17 heavy (non-hydrogen) atoms. The molecule has 1 aliphatic heterocycles. The Morgan fingerprint density at radius 3 is 3.06 bits per heavy atom. The number of likely N-dealkylation sites (tertiary alicyclic amines) is 1. The van der Waals surface area contributed by atoms with Crippen LogP contribution in [0.2, 0.25) is 0 Å². The van der Waals surface area contributed by atoms with Gasteiger partial charge in [0.2, 0.25) is 0 Å². The average Bonchev–Trinajstić information content (AvgIpc) is 2.83. The SMILES string of the molecule is CC(C)N1CCC(c2ncc(CC(=O)O)s2)C1. The molecule has 0 aromatic carbocycles. The van der Waals surface area contributed by atoms with Crippen molar-refractivity contribution in [1.29, 1.82) is 0 Å². The van der Waals surface area contributed by atoms with E-state index in [0.717, 1.165) is 29.4 Å². The molecule has 0 radical (unpaired) electrons. The summed E-state index contributed by atoms with van der Waals surface area (Å²) in [5.74, 6) is -0.291. The maximum atomic E-state index is 10.6. The first-order valence-electron chi connectivity index (χ1n) is 5.96. The molecule has 94 valence electrons. The van der Waals surface area contributed by atoms with E-state index in [1.807, 2.05) is 0 Å². The maximum Gasteiger partial charge on any atom is 0.308 e. The van der Waals surface area contributed by atoms with Crippen molar-refractivity contribution in [3.05, 3.63) is 16.1 Å². The van der Waals surface area contributed by atoms with E-state index in [4.69, 9.17) is 5.11 Å². The van der Waals surface area contributed by atoms with E-state index in [-0.39, 0.29) is 6.42 Å². The lowest BCUT2D eigenvalue weighted by atomic mass is 10.1. The second-order valence-electron chi connectivity index (χ2n) is 4.81. The van der Waals surface area contributed by atoms with Crippen molar-refractivity contribution in [2.75, 3.05) is 13.1 Å². The summed E-state index contributed by atoms with van der Waals surface area (Å²) in [5.41, 5.74) is 0. The smallest absolute Gasteiger partial charge is 0.308 e. The molecule has 1 N–H and O–H groups in total. The predicted molar refractivity (Wildman–Crippen MR) is 67.5 cm³/mol. The van der Waals surface area contributed by atoms with Gasteiger partial charge in [0.1, 0.15) is 0 Å². The van der Waals surface area contributed by atoms with E-state index in [0.29, 0.717) is 12.0 Å². The summed E-state index contributed by atoms with van der Waals surface area (Å²) in [5, 5.41) is 9.83. The van der Waals surface area contributed by atoms with E-state index in [2.05, 4.69) is 23.7 Å². The van der Waals surface area contributed by atoms with Crippen molar-refractivity contribution < 1.29 is 9.90 Å². The Kier molecular flexibility index (Phi) is 3.79. The highest BCUT2D eigenvalue weighted by Gasteiger charge is 2.27. The topological polar surface area (TPSA) is 53.4 Å². The molecule has 5 heteroatoms. The van der Waals surface area contributed by atoms with Gasteiger partial charge in [-0.3, -0.25) is 4.79 Å². The molecule has 0 spiro atoms. The third-order valence-corrected chi connectivity index (χ3v) is 4.36. The van der Waals surface area contributed by atoms with Gasteiger partial charge < -0.3 is 10.0 Å². The summed E-state index contributed by atoms with van der Waals surface area (Å²) in [4.78, 5) is 18.3. The molecule has 2 rings (SSSR count). The number of aliphatic carboxylic acids is 1. The normalized spacial score (nSPS) is 21.2. The Labute approximate surface area is 105 Å². The molecular formula is C12H18N2O2S. The third kappa shape index (κ3) is 3.04. The number of hydrogen-bond acceptors (Lipinski definition) is 4. The molecule has 0 amide bonds. The highest BCUT2D eigenvalue weighted by molar-refractivity contribution is 7.11. The van der Waals surface area contributed by atoms with Crippen molar-refractivity contribution in [3.8, 4) is 0 Å². The zero-order valence-electron chi connectivity index (χ0n) is 10.2. The van der Waals surface area contributed by atoms with Gasteiger partial charge >= 0.3 is 5.97 Å². The Bertz CT molecular complexity index is 403. The number of hydrogen-bond donors (Lipinski definition) is 1. The number of nitrogens with zero attached hydrogens (tertiary/aromatic N) is 2. The van der Waals surface area contributed by atoms with Crippen LogP contribution in [0.1, 0.15) is 36.1 Å². The molecule has 0 aliphatic carbocycles. The summed E-state index contributed by atoms with van der Waals surface area (Å²) in [6.45, 7) is 6.59. The van der Waals surface area contributed by atoms with Crippen LogP contribution in [0.25, 0.3) is 0 Å². The molecule has 2 heterocycles. The fourth-order valence-corrected chi connectivity index (χ4v) is 3.23. The summed E-state index contributed by atoms with van der Waals surface area (Å²) < 4.78 is 0. The molecule has 4 nitrogen and oxygen atoms in total. The fourth-order valence-electron chi connectivity index (χ4n) is 2.20. The lowest BCUT2D eigenvalue weighted by Crippen LogP contribution is -2.27. The minimum Gasteiger partial charge on any atom is -0.481 e. The second kappa shape index (κ2) is 5.14. The van der Waals surface area contributed by atoms with Crippen LogP contribution >= 0.6 is 11.3 Å². The van der Waals surface area contributed by atoms with Gasteiger partial charge in [-0.2, -0.15) is 0 Å². The Morgan fingerprint density at radius 1 is 1.71 bits per heavy atom. The van der Waals surface area contributed by atoms with Crippen LogP contribution in [0.15, 0.2) is 6.20 Å². The molecule has 1 aromatic heterocycles. The number of thiazole rings is 1. The first-order valence-corrected chi connectivity index (χ1v) is 6.78. The van der Waals surface area contributed by atoms with E-state index < -0.39 is 5.97 Å². The van der Waals surface area contributed by atoms with Gasteiger partial charge in [-0.15, -0.1) is 11.3 Å². The molecule has 1 fully saturated rings. The second-order valence-corrected chi connectivity index (χ2v) is 5.96. The molecular weight excluding hydrogens is 236 g/mol. The van der Waals surface area contributed by atoms with E-state index in [1.54, 1.807) is 17.5 Å². The summed E-state index contributed by atoms with van der Waals surface area (Å²) in [6, 6.07) is 0.582. The highest BCUT2D eigenvalue weighted by Crippen LogP contribution is 2.31. The van der Waals surface area contributed by atoms with Crippen molar-refractivity contribution >= 4 is 17.3 Å². The molecule has 1 unspecified atom stereocenters. The van der Waals surface area contributed by atoms with Crippen molar-refractivity contribution in [3.63, 3.8) is 0 Å². The van der Waals surface area contributed by atoms with Crippen LogP contribution < -0.4 is 0 Å². The van der Waals surface area contributed by atoms with Gasteiger partial charge in [0, 0.05) is 29.6 Å². The first kappa shape index (κ1) is 12.5. The van der Waals surface area contributed by atoms with Gasteiger partial charge in [0.25, 0.3) is 0 Å². The number of carboxylic acid groups (broad SMARTS) is 1. The fraction of sp³-hybridized carbons (Fsp3) is 0.667. The Balaban J connectivity index is 1.99. The Morgan fingerprint density at radius 2 is 2.47 bits per heavy atom. The van der Waals surface area contributed by atoms with Crippen molar-refractivity contribution in [1.82, 2.24) is 9.88 Å². The zero-order chi connectivity index (χ0) is 12.4. The van der Waals surface area contributed by atoms with Gasteiger partial charge in [-0.1, -0.05) is 0 Å². The maximum absolute atomic E-state index is 10.6. The summed E-state index contributed by atoms with van der Waals surface area (Å²) in [7, 11) is 0. The third-order valence-electron chi connectivity index (χ3n) is 3.20. The lowest BCUT2D eigenvalue weighted by Gasteiger charge is -2.19. The average molecular weight is 254 g/mol. The molecule has 0 bridgehead atoms. The summed E-state index contributed by atoms with van der Waals surface area (Å²) >= 11 is 1.55. The molecule has 1 saturated heterocycles. The van der Waals surface area contributed by atoms with Crippen LogP contribution in [0.4, 0.5) is 0 Å². The predicted octanol–water partition coefficient (Wildman–Crippen LogP) is 1.97. The van der Waals surface area contributed by atoms with E-state index in [1.165, 1.54) is 0 Å². The van der Waals surface area contributed by atoms with E-state index in [9.17, 15) is 4.79 Å². The van der Waals surface area contributed by atoms with Crippen LogP contribution in [0, 0.1) is 0 Å². The first-order chi connectivity index (χ1) is 8.06. The van der Waals surface area contributed by atoms with Crippen molar-refractivity contribution in [2.24, 2.45) is 0 Å². The molecule has 1 aliphatic rings. The molecule has 1 aromatic rings. The number of aromatic nitrogens is 1.